The van der Waals surface area contributed by atoms with Crippen LogP contribution in [0.25, 0.3) is 64.6 Å². The molecule has 0 heterocycles. The van der Waals surface area contributed by atoms with E-state index in [2.05, 4.69) is 183 Å². The van der Waals surface area contributed by atoms with Crippen molar-refractivity contribution in [3.63, 3.8) is 0 Å². The zero-order chi connectivity index (χ0) is 67.8. The van der Waals surface area contributed by atoms with Crippen LogP contribution in [0.4, 0.5) is 0 Å². The fraction of sp³-hybridized carbons (Fsp3) is 0.310. The first-order valence-corrected chi connectivity index (χ1v) is 33.6. The Balaban J connectivity index is 0.000000158. The van der Waals surface area contributed by atoms with E-state index >= 15 is 0 Å². The number of rotatable bonds is 12. The van der Waals surface area contributed by atoms with E-state index < -0.39 is 0 Å². The van der Waals surface area contributed by atoms with E-state index in [-0.39, 0.29) is 16.2 Å². The van der Waals surface area contributed by atoms with Gasteiger partial charge in [0, 0.05) is 16.2 Å². The number of fused-ring (bicyclic) bond motifs is 6. The molecule has 93 heavy (non-hydrogen) atoms. The molecule has 6 nitrogen and oxygen atoms in total. The van der Waals surface area contributed by atoms with Crippen LogP contribution in [0.3, 0.4) is 0 Å². The zero-order valence-corrected chi connectivity index (χ0v) is 57.9. The van der Waals surface area contributed by atoms with Crippen molar-refractivity contribution < 1.29 is 30.6 Å². The molecule has 0 saturated carbocycles. The molecule has 0 aromatic heterocycles. The lowest BCUT2D eigenvalue weighted by Crippen LogP contribution is -2.15. The minimum atomic E-state index is 0.146. The second kappa shape index (κ2) is 32.0. The van der Waals surface area contributed by atoms with Crippen LogP contribution < -0.4 is 0 Å². The summed E-state index contributed by atoms with van der Waals surface area (Å²) in [6.07, 6.45) is 6.68. The summed E-state index contributed by atoms with van der Waals surface area (Å²) < 4.78 is 0. The van der Waals surface area contributed by atoms with E-state index in [1.807, 2.05) is 103 Å². The maximum atomic E-state index is 9.83. The third-order valence-corrected chi connectivity index (χ3v) is 19.7. The Hall–Kier alpha value is -9.00. The van der Waals surface area contributed by atoms with E-state index in [1.165, 1.54) is 60.3 Å². The molecule has 12 rings (SSSR count). The third kappa shape index (κ3) is 17.6. The predicted molar refractivity (Wildman–Crippen MR) is 400 cm³/mol. The molecule has 6 N–H and O–H groups in total. The molecule has 6 heteroatoms. The van der Waals surface area contributed by atoms with Gasteiger partial charge in [0.15, 0.2) is 0 Å². The molecule has 0 aliphatic rings. The van der Waals surface area contributed by atoms with Crippen molar-refractivity contribution in [2.45, 2.75) is 176 Å². The highest BCUT2D eigenvalue weighted by molar-refractivity contribution is 5.93. The fourth-order valence-electron chi connectivity index (χ4n) is 11.9. The fourth-order valence-corrected chi connectivity index (χ4v) is 11.9. The number of hydrogen-bond acceptors (Lipinski definition) is 6. The van der Waals surface area contributed by atoms with Gasteiger partial charge in [-0.2, -0.15) is 0 Å². The Bertz CT molecular complexity index is 4400. The molecule has 3 unspecified atom stereocenters. The molecule has 0 fully saturated rings. The lowest BCUT2D eigenvalue weighted by molar-refractivity contribution is 0.475. The van der Waals surface area contributed by atoms with Crippen LogP contribution in [-0.2, 0) is 16.2 Å². The highest BCUT2D eigenvalue weighted by atomic mass is 16.3. The highest BCUT2D eigenvalue weighted by Gasteiger charge is 2.23. The molecule has 3 atom stereocenters. The molecule has 0 bridgehead atoms. The molecule has 0 aliphatic carbocycles. The summed E-state index contributed by atoms with van der Waals surface area (Å²) >= 11 is 0. The maximum absolute atomic E-state index is 9.83. The van der Waals surface area contributed by atoms with Gasteiger partial charge >= 0.3 is 0 Å². The summed E-state index contributed by atoms with van der Waals surface area (Å²) in [6.45, 7) is 33.4. The van der Waals surface area contributed by atoms with Gasteiger partial charge in [0.05, 0.1) is 0 Å². The van der Waals surface area contributed by atoms with Gasteiger partial charge in [0.2, 0.25) is 0 Å². The lowest BCUT2D eigenvalue weighted by Gasteiger charge is -2.25. The molecule has 12 aromatic carbocycles. The van der Waals surface area contributed by atoms with E-state index in [9.17, 15) is 30.6 Å². The number of hydrogen-bond donors (Lipinski definition) is 6. The Morgan fingerprint density at radius 3 is 1.14 bits per heavy atom. The van der Waals surface area contributed by atoms with E-state index in [4.69, 9.17) is 0 Å². The van der Waals surface area contributed by atoms with Crippen LogP contribution >= 0.6 is 0 Å². The monoisotopic (exact) mass is 1240 g/mol. The summed E-state index contributed by atoms with van der Waals surface area (Å²) in [7, 11) is 0. The summed E-state index contributed by atoms with van der Waals surface area (Å²) in [5.74, 6) is 3.76. The molecular formula is C87H102O6. The van der Waals surface area contributed by atoms with E-state index in [0.717, 1.165) is 76.2 Å². The minimum absolute atomic E-state index is 0.146. The van der Waals surface area contributed by atoms with Gasteiger partial charge in [-0.25, -0.2) is 0 Å². The van der Waals surface area contributed by atoms with Crippen molar-refractivity contribution in [1.82, 2.24) is 0 Å². The first kappa shape index (κ1) is 71.4. The summed E-state index contributed by atoms with van der Waals surface area (Å²) in [4.78, 5) is 0. The summed E-state index contributed by atoms with van der Waals surface area (Å²) in [5.41, 5.74) is 8.53. The average Bonchev–Trinajstić information content (AvgIpc) is 0.907. The Morgan fingerprint density at radius 1 is 0.269 bits per heavy atom. The summed E-state index contributed by atoms with van der Waals surface area (Å²) in [6, 6.07) is 71.4. The molecule has 0 saturated heterocycles. The molecule has 0 amide bonds. The van der Waals surface area contributed by atoms with Crippen LogP contribution in [0.5, 0.6) is 34.5 Å². The Labute approximate surface area is 554 Å². The van der Waals surface area contributed by atoms with Crippen molar-refractivity contribution in [2.24, 2.45) is 0 Å². The Morgan fingerprint density at radius 2 is 0.613 bits per heavy atom. The first-order chi connectivity index (χ1) is 44.3. The second-order valence-electron chi connectivity index (χ2n) is 27.0. The van der Waals surface area contributed by atoms with E-state index in [0.29, 0.717) is 52.3 Å². The maximum Gasteiger partial charge on any atom is 0.123 e. The topological polar surface area (TPSA) is 121 Å². The van der Waals surface area contributed by atoms with E-state index in [1.54, 1.807) is 36.4 Å². The van der Waals surface area contributed by atoms with Gasteiger partial charge in [-0.15, -0.1) is 0 Å². The van der Waals surface area contributed by atoms with Crippen LogP contribution in [0.2, 0.25) is 0 Å². The quantitative estimate of drug-likeness (QED) is 0.0725. The van der Waals surface area contributed by atoms with Gasteiger partial charge in [-0.05, 0) is 209 Å². The normalized spacial score (nSPS) is 12.4. The lowest BCUT2D eigenvalue weighted by atomic mass is 9.80. The number of phenolic OH excluding ortho intramolecular Hbond substituents is 6. The molecule has 12 aromatic rings. The molecule has 0 spiro atoms. The molecule has 486 valence electrons. The van der Waals surface area contributed by atoms with Crippen molar-refractivity contribution in [1.29, 1.82) is 0 Å². The third-order valence-electron chi connectivity index (χ3n) is 19.7. The van der Waals surface area contributed by atoms with Crippen molar-refractivity contribution in [3.05, 3.63) is 252 Å². The van der Waals surface area contributed by atoms with Crippen molar-refractivity contribution in [2.75, 3.05) is 0 Å². The number of aromatic hydroxyl groups is 6. The smallest absolute Gasteiger partial charge is 0.123 e. The van der Waals surface area contributed by atoms with Crippen LogP contribution in [0.1, 0.15) is 194 Å². The second-order valence-corrected chi connectivity index (χ2v) is 27.0. The number of phenols is 6. The molecule has 0 aliphatic heterocycles. The highest BCUT2D eigenvalue weighted by Crippen LogP contribution is 2.39. The zero-order valence-electron chi connectivity index (χ0n) is 57.9. The van der Waals surface area contributed by atoms with Crippen molar-refractivity contribution in [3.8, 4) is 34.5 Å². The molecule has 0 radical (unpaired) electrons. The standard InChI is InChI=1S/3C15H18O.3C14H16O/c1-4-15(2,3)13-9-5-8-12-11(13)7-6-10-14(12)16;1-4-15(2,3)14-7-5-6-11-10-12(16)8-9-13(11)14;1-4-15(2,3)12-8-9-13-11(10-12)6-5-7-14(13)16;1-3-10(2)11-6-4-8-13-12(11)7-5-9-14(13)15;1-3-10(2)13-6-4-5-11-9-12(15)7-8-14(11)13;1-3-10(2)13-6-4-5-11-7-8-12(15)9-14(11)13/h3*5-10,16H,4H2,1-3H3;3*4-10,15H,3H2,1-2H3. The molecular weight excluding hydrogens is 1140 g/mol. The van der Waals surface area contributed by atoms with Crippen LogP contribution in [-0.4, -0.2) is 30.6 Å². The average molecular weight is 1240 g/mol. The predicted octanol–water partition coefficient (Wildman–Crippen LogP) is 24.9. The van der Waals surface area contributed by atoms with Crippen LogP contribution in [0, 0.1) is 0 Å². The largest absolute Gasteiger partial charge is 0.508 e. The van der Waals surface area contributed by atoms with Gasteiger partial charge < -0.3 is 30.6 Å². The van der Waals surface area contributed by atoms with Gasteiger partial charge in [-0.3, -0.25) is 0 Å². The van der Waals surface area contributed by atoms with Gasteiger partial charge in [0.25, 0.3) is 0 Å². The first-order valence-electron chi connectivity index (χ1n) is 33.6. The van der Waals surface area contributed by atoms with Crippen LogP contribution in [0.15, 0.2) is 218 Å². The SMILES string of the molecule is CCC(C)(C)c1ccc2c(O)cccc2c1.CCC(C)(C)c1cccc2c(O)cccc12.CCC(C)(C)c1cccc2cc(O)ccc12.CCC(C)c1cccc2c(O)cccc12.CCC(C)c1cccc2cc(O)ccc12.CCC(C)c1cccc2ccc(O)cc12. The van der Waals surface area contributed by atoms with Gasteiger partial charge in [0.1, 0.15) is 34.5 Å². The van der Waals surface area contributed by atoms with Crippen molar-refractivity contribution >= 4 is 64.6 Å². The van der Waals surface area contributed by atoms with Gasteiger partial charge in [-0.1, -0.05) is 268 Å². The minimum Gasteiger partial charge on any atom is -0.508 e. The Kier molecular flexibility index (Phi) is 24.6. The summed E-state index contributed by atoms with van der Waals surface area (Å²) in [5, 5.41) is 71.1. The number of benzene rings is 12.